The zero-order chi connectivity index (χ0) is 21.6. The van der Waals surface area contributed by atoms with Gasteiger partial charge in [0.05, 0.1) is 12.1 Å². The van der Waals surface area contributed by atoms with Gasteiger partial charge in [-0.15, -0.1) is 0 Å². The van der Waals surface area contributed by atoms with Crippen molar-refractivity contribution in [2.75, 3.05) is 19.7 Å². The molecule has 0 aliphatic carbocycles. The number of benzene rings is 2. The molecule has 162 valence electrons. The van der Waals surface area contributed by atoms with Crippen LogP contribution < -0.4 is 10.2 Å². The van der Waals surface area contributed by atoms with Crippen molar-refractivity contribution in [3.8, 4) is 16.9 Å². The Hall–Kier alpha value is -3.12. The Bertz CT molecular complexity index is 1030. The third kappa shape index (κ3) is 4.97. The van der Waals surface area contributed by atoms with Gasteiger partial charge in [-0.05, 0) is 48.2 Å². The smallest absolute Gasteiger partial charge is 0.341 e. The number of likely N-dealkylation sites (tertiary alicyclic amines) is 1. The lowest BCUT2D eigenvalue weighted by molar-refractivity contribution is 0.0384. The summed E-state index contributed by atoms with van der Waals surface area (Å²) in [6.45, 7) is 5.96. The van der Waals surface area contributed by atoms with E-state index in [-0.39, 0.29) is 12.1 Å². The predicted octanol–water partition coefficient (Wildman–Crippen LogP) is 5.10. The summed E-state index contributed by atoms with van der Waals surface area (Å²) in [5.74, 6) is 0.856. The molecule has 1 aliphatic rings. The number of hydroxylamine groups is 1. The minimum absolute atomic E-state index is 0.109. The van der Waals surface area contributed by atoms with Gasteiger partial charge in [0.15, 0.2) is 0 Å². The zero-order valence-corrected chi connectivity index (χ0v) is 18.1. The highest BCUT2D eigenvalue weighted by molar-refractivity contribution is 5.88. The third-order valence-corrected chi connectivity index (χ3v) is 5.69. The van der Waals surface area contributed by atoms with Crippen molar-refractivity contribution in [2.45, 2.75) is 39.2 Å². The number of rotatable bonds is 6. The Labute approximate surface area is 183 Å². The normalized spacial score (nSPS) is 14.6. The van der Waals surface area contributed by atoms with E-state index in [4.69, 9.17) is 9.57 Å². The molecule has 0 atom stereocenters. The molecule has 31 heavy (non-hydrogen) atoms. The van der Waals surface area contributed by atoms with Crippen LogP contribution in [-0.4, -0.2) is 41.7 Å². The molecule has 3 aromatic rings. The zero-order valence-electron chi connectivity index (χ0n) is 18.1. The molecule has 6 heteroatoms. The van der Waals surface area contributed by atoms with Gasteiger partial charge in [0, 0.05) is 37.5 Å². The Balaban J connectivity index is 1.35. The molecule has 1 N–H and O–H groups in total. The minimum Gasteiger partial charge on any atom is -0.490 e. The summed E-state index contributed by atoms with van der Waals surface area (Å²) in [7, 11) is 0. The van der Waals surface area contributed by atoms with E-state index < -0.39 is 0 Å². The lowest BCUT2D eigenvalue weighted by Gasteiger charge is -2.32. The number of ether oxygens (including phenoxy) is 1. The molecule has 1 aliphatic heterocycles. The van der Waals surface area contributed by atoms with Crippen LogP contribution in [0.15, 0.2) is 54.7 Å². The molecule has 0 unspecified atom stereocenters. The summed E-state index contributed by atoms with van der Waals surface area (Å²) in [6, 6.07) is 16.4. The van der Waals surface area contributed by atoms with Crippen LogP contribution in [-0.2, 0) is 4.84 Å². The first-order chi connectivity index (χ1) is 15.2. The fourth-order valence-corrected chi connectivity index (χ4v) is 3.97. The highest BCUT2D eigenvalue weighted by Gasteiger charge is 2.24. The molecule has 0 radical (unpaired) electrons. The van der Waals surface area contributed by atoms with Crippen LogP contribution in [0.2, 0.25) is 0 Å². The number of nitrogens with one attached hydrogen (secondary N) is 1. The summed E-state index contributed by atoms with van der Waals surface area (Å²) in [5.41, 5.74) is 7.05. The third-order valence-electron chi connectivity index (χ3n) is 5.69. The minimum atomic E-state index is -0.170. The number of urea groups is 1. The molecule has 0 spiro atoms. The summed E-state index contributed by atoms with van der Waals surface area (Å²) in [6.07, 6.45) is 4.42. The highest BCUT2D eigenvalue weighted by atomic mass is 16.7. The second kappa shape index (κ2) is 9.79. The monoisotopic (exact) mass is 419 g/mol. The second-order valence-corrected chi connectivity index (χ2v) is 7.90. The number of aryl methyl sites for hydroxylation is 1. The van der Waals surface area contributed by atoms with E-state index in [2.05, 4.69) is 47.7 Å². The first-order valence-electron chi connectivity index (χ1n) is 10.9. The molecule has 2 amide bonds. The molecule has 2 heterocycles. The van der Waals surface area contributed by atoms with Crippen LogP contribution in [0.5, 0.6) is 5.75 Å². The number of nitrogens with zero attached hydrogens (tertiary/aromatic N) is 2. The molecule has 0 bridgehead atoms. The van der Waals surface area contributed by atoms with Crippen molar-refractivity contribution >= 4 is 16.9 Å². The van der Waals surface area contributed by atoms with Crippen molar-refractivity contribution < 1.29 is 14.4 Å². The largest absolute Gasteiger partial charge is 0.490 e. The van der Waals surface area contributed by atoms with Crippen molar-refractivity contribution in [2.24, 2.45) is 0 Å². The second-order valence-electron chi connectivity index (χ2n) is 7.90. The van der Waals surface area contributed by atoms with E-state index in [1.807, 2.05) is 31.3 Å². The predicted molar refractivity (Wildman–Crippen MR) is 122 cm³/mol. The van der Waals surface area contributed by atoms with Crippen LogP contribution in [0.1, 0.15) is 31.7 Å². The Kier molecular flexibility index (Phi) is 6.67. The van der Waals surface area contributed by atoms with E-state index in [0.717, 1.165) is 41.5 Å². The van der Waals surface area contributed by atoms with Gasteiger partial charge in [-0.1, -0.05) is 37.3 Å². The standard InChI is InChI=1S/C25H29N3O3/c1-3-17-30-27-25(29)28-15-12-22(13-16-28)31-21-9-6-19(7-10-21)23-11-8-20-5-4-14-26-24(20)18(23)2/h4-11,14,22H,3,12-13,15-17H2,1-2H3,(H,27,29). The SMILES string of the molecule is CCCONC(=O)N1CCC(Oc2ccc(-c3ccc4cccnc4c3C)cc2)CC1. The number of carbonyl (C=O) groups is 1. The van der Waals surface area contributed by atoms with Gasteiger partial charge < -0.3 is 9.64 Å². The van der Waals surface area contributed by atoms with Crippen LogP contribution in [0, 0.1) is 6.92 Å². The summed E-state index contributed by atoms with van der Waals surface area (Å²) in [4.78, 5) is 23.5. The molecular formula is C25H29N3O3. The summed E-state index contributed by atoms with van der Waals surface area (Å²) < 4.78 is 6.17. The number of aromatic nitrogens is 1. The Morgan fingerprint density at radius 2 is 1.90 bits per heavy atom. The molecule has 0 saturated carbocycles. The van der Waals surface area contributed by atoms with Gasteiger partial charge in [0.2, 0.25) is 0 Å². The summed E-state index contributed by atoms with van der Waals surface area (Å²) in [5, 5.41) is 1.15. The van der Waals surface area contributed by atoms with E-state index in [1.165, 1.54) is 11.1 Å². The quantitative estimate of drug-likeness (QED) is 0.446. The maximum absolute atomic E-state index is 12.1. The Morgan fingerprint density at radius 1 is 1.13 bits per heavy atom. The van der Waals surface area contributed by atoms with Crippen LogP contribution in [0.3, 0.4) is 0 Å². The number of amides is 2. The summed E-state index contributed by atoms with van der Waals surface area (Å²) >= 11 is 0. The number of fused-ring (bicyclic) bond motifs is 1. The fourth-order valence-electron chi connectivity index (χ4n) is 3.97. The first-order valence-corrected chi connectivity index (χ1v) is 10.9. The van der Waals surface area contributed by atoms with Gasteiger partial charge >= 0.3 is 6.03 Å². The average molecular weight is 420 g/mol. The number of hydrogen-bond donors (Lipinski definition) is 1. The van der Waals surface area contributed by atoms with E-state index in [9.17, 15) is 4.79 Å². The van der Waals surface area contributed by atoms with Gasteiger partial charge in [0.1, 0.15) is 11.9 Å². The molecule has 2 aromatic carbocycles. The molecular weight excluding hydrogens is 390 g/mol. The van der Waals surface area contributed by atoms with Crippen LogP contribution in [0.25, 0.3) is 22.0 Å². The average Bonchev–Trinajstić information content (AvgIpc) is 2.81. The molecule has 1 saturated heterocycles. The molecule has 4 rings (SSSR count). The van der Waals surface area contributed by atoms with E-state index in [0.29, 0.717) is 19.7 Å². The van der Waals surface area contributed by atoms with Gasteiger partial charge in [-0.25, -0.2) is 10.3 Å². The molecule has 1 fully saturated rings. The van der Waals surface area contributed by atoms with Crippen molar-refractivity contribution in [1.29, 1.82) is 0 Å². The molecule has 1 aromatic heterocycles. The van der Waals surface area contributed by atoms with Crippen molar-refractivity contribution in [3.63, 3.8) is 0 Å². The number of carbonyl (C=O) groups excluding carboxylic acids is 1. The van der Waals surface area contributed by atoms with E-state index >= 15 is 0 Å². The number of pyridine rings is 1. The van der Waals surface area contributed by atoms with Crippen molar-refractivity contribution in [3.05, 3.63) is 60.3 Å². The number of piperidine rings is 1. The fraction of sp³-hybridized carbons (Fsp3) is 0.360. The Morgan fingerprint density at radius 3 is 2.65 bits per heavy atom. The van der Waals surface area contributed by atoms with E-state index in [1.54, 1.807) is 4.90 Å². The first kappa shape index (κ1) is 21.1. The lowest BCUT2D eigenvalue weighted by Crippen LogP contribution is -2.46. The van der Waals surface area contributed by atoms with Crippen molar-refractivity contribution in [1.82, 2.24) is 15.4 Å². The maximum Gasteiger partial charge on any atom is 0.341 e. The van der Waals surface area contributed by atoms with Crippen LogP contribution in [0.4, 0.5) is 4.79 Å². The van der Waals surface area contributed by atoms with Gasteiger partial charge in [0.25, 0.3) is 0 Å². The lowest BCUT2D eigenvalue weighted by atomic mass is 9.98. The molecule has 6 nitrogen and oxygen atoms in total. The highest BCUT2D eigenvalue weighted by Crippen LogP contribution is 2.30. The number of hydrogen-bond acceptors (Lipinski definition) is 4. The maximum atomic E-state index is 12.1. The van der Waals surface area contributed by atoms with Gasteiger partial charge in [-0.3, -0.25) is 9.82 Å². The van der Waals surface area contributed by atoms with Crippen LogP contribution >= 0.6 is 0 Å². The topological polar surface area (TPSA) is 63.7 Å². The van der Waals surface area contributed by atoms with Gasteiger partial charge in [-0.2, -0.15) is 0 Å².